The van der Waals surface area contributed by atoms with Crippen molar-refractivity contribution in [3.05, 3.63) is 18.2 Å². The van der Waals surface area contributed by atoms with Gasteiger partial charge in [0.25, 0.3) is 5.22 Å². The van der Waals surface area contributed by atoms with E-state index in [0.29, 0.717) is 29.4 Å². The van der Waals surface area contributed by atoms with Crippen molar-refractivity contribution in [1.29, 1.82) is 5.26 Å². The number of hydrogen-bond acceptors (Lipinski definition) is 6. The lowest BCUT2D eigenvalue weighted by Crippen LogP contribution is -2.30. The number of aromatic nitrogens is 1. The van der Waals surface area contributed by atoms with E-state index in [0.717, 1.165) is 0 Å². The van der Waals surface area contributed by atoms with Crippen LogP contribution in [0.15, 0.2) is 32.7 Å². The molecule has 118 valence electrons. The summed E-state index contributed by atoms with van der Waals surface area (Å²) >= 11 is 1.20. The maximum atomic E-state index is 12.5. The Morgan fingerprint density at radius 3 is 2.68 bits per heavy atom. The molecule has 2 aromatic rings. The maximum absolute atomic E-state index is 12.5. The molecule has 2 rings (SSSR count). The first-order chi connectivity index (χ1) is 10.4. The Hall–Kier alpha value is -1.56. The van der Waals surface area contributed by atoms with E-state index < -0.39 is 10.0 Å². The summed E-state index contributed by atoms with van der Waals surface area (Å²) in [6, 6.07) is 6.71. The fourth-order valence-electron chi connectivity index (χ4n) is 1.99. The summed E-state index contributed by atoms with van der Waals surface area (Å²) in [5.41, 5.74) is 0.979. The van der Waals surface area contributed by atoms with Gasteiger partial charge in [-0.15, -0.1) is 0 Å². The lowest BCUT2D eigenvalue weighted by atomic mass is 10.3. The van der Waals surface area contributed by atoms with Gasteiger partial charge in [0, 0.05) is 13.1 Å². The van der Waals surface area contributed by atoms with Gasteiger partial charge in [-0.1, -0.05) is 13.8 Å². The third-order valence-electron chi connectivity index (χ3n) is 3.14. The van der Waals surface area contributed by atoms with E-state index >= 15 is 0 Å². The number of sulfonamides is 1. The van der Waals surface area contributed by atoms with Crippen LogP contribution in [0.4, 0.5) is 0 Å². The number of fused-ring (bicyclic) bond motifs is 1. The van der Waals surface area contributed by atoms with Gasteiger partial charge < -0.3 is 4.42 Å². The first-order valence-corrected chi connectivity index (χ1v) is 9.21. The van der Waals surface area contributed by atoms with Crippen molar-refractivity contribution in [1.82, 2.24) is 9.29 Å². The van der Waals surface area contributed by atoms with E-state index in [9.17, 15) is 8.42 Å². The van der Waals surface area contributed by atoms with Crippen LogP contribution in [0.1, 0.15) is 20.8 Å². The summed E-state index contributed by atoms with van der Waals surface area (Å²) in [6.07, 6.45) is 0. The van der Waals surface area contributed by atoms with Gasteiger partial charge in [-0.05, 0) is 36.9 Å². The van der Waals surface area contributed by atoms with E-state index in [1.807, 2.05) is 0 Å². The molecule has 8 heteroatoms. The van der Waals surface area contributed by atoms with Crippen LogP contribution in [0.3, 0.4) is 0 Å². The molecule has 1 aromatic carbocycles. The SMILES string of the molecule is CCN(CC)S(=O)(=O)c1ccc2oc(S[C@H](C)C#N)nc2c1. The van der Waals surface area contributed by atoms with E-state index in [-0.39, 0.29) is 10.1 Å². The van der Waals surface area contributed by atoms with E-state index in [2.05, 4.69) is 11.1 Å². The summed E-state index contributed by atoms with van der Waals surface area (Å²) in [7, 11) is -3.52. The number of nitrogens with zero attached hydrogens (tertiary/aromatic N) is 3. The predicted octanol–water partition coefficient (Wildman–Crippen LogP) is 2.86. The molecule has 0 aliphatic carbocycles. The average molecular weight is 339 g/mol. The second-order valence-electron chi connectivity index (χ2n) is 4.59. The van der Waals surface area contributed by atoms with Crippen LogP contribution >= 0.6 is 11.8 Å². The molecular weight excluding hydrogens is 322 g/mol. The van der Waals surface area contributed by atoms with Crippen molar-refractivity contribution in [2.45, 2.75) is 36.1 Å². The van der Waals surface area contributed by atoms with Gasteiger partial charge in [-0.3, -0.25) is 0 Å². The van der Waals surface area contributed by atoms with Crippen LogP contribution in [-0.4, -0.2) is 36.0 Å². The normalized spacial score (nSPS) is 13.4. The minimum Gasteiger partial charge on any atom is -0.431 e. The summed E-state index contributed by atoms with van der Waals surface area (Å²) < 4.78 is 31.9. The topological polar surface area (TPSA) is 87.2 Å². The van der Waals surface area contributed by atoms with Crippen LogP contribution in [0, 0.1) is 11.3 Å². The minimum atomic E-state index is -3.52. The molecule has 6 nitrogen and oxygen atoms in total. The molecule has 1 heterocycles. The molecule has 0 aliphatic rings. The molecule has 0 N–H and O–H groups in total. The smallest absolute Gasteiger partial charge is 0.258 e. The monoisotopic (exact) mass is 339 g/mol. The summed E-state index contributed by atoms with van der Waals surface area (Å²) in [6.45, 7) is 6.17. The molecule has 0 radical (unpaired) electrons. The molecule has 0 amide bonds. The summed E-state index contributed by atoms with van der Waals surface area (Å²) in [5.74, 6) is 0. The third kappa shape index (κ3) is 3.27. The van der Waals surface area contributed by atoms with Crippen molar-refractivity contribution < 1.29 is 12.8 Å². The lowest BCUT2D eigenvalue weighted by molar-refractivity contribution is 0.445. The number of nitriles is 1. The maximum Gasteiger partial charge on any atom is 0.258 e. The van der Waals surface area contributed by atoms with E-state index in [4.69, 9.17) is 9.68 Å². The second-order valence-corrected chi connectivity index (χ2v) is 7.82. The highest BCUT2D eigenvalue weighted by Gasteiger charge is 2.22. The first kappa shape index (κ1) is 16.8. The van der Waals surface area contributed by atoms with Crippen molar-refractivity contribution >= 4 is 32.9 Å². The summed E-state index contributed by atoms with van der Waals surface area (Å²) in [4.78, 5) is 4.44. The number of hydrogen-bond donors (Lipinski definition) is 0. The Labute approximate surface area is 134 Å². The highest BCUT2D eigenvalue weighted by molar-refractivity contribution is 7.99. The van der Waals surface area contributed by atoms with E-state index in [1.54, 1.807) is 26.8 Å². The van der Waals surface area contributed by atoms with Gasteiger partial charge in [-0.25, -0.2) is 13.4 Å². The van der Waals surface area contributed by atoms with Gasteiger partial charge in [0.1, 0.15) is 5.52 Å². The van der Waals surface area contributed by atoms with Crippen molar-refractivity contribution in [2.75, 3.05) is 13.1 Å². The number of thioether (sulfide) groups is 1. The Morgan fingerprint density at radius 2 is 2.09 bits per heavy atom. The molecule has 0 fully saturated rings. The molecule has 0 unspecified atom stereocenters. The lowest BCUT2D eigenvalue weighted by Gasteiger charge is -2.18. The highest BCUT2D eigenvalue weighted by Crippen LogP contribution is 2.28. The Bertz CT molecular complexity index is 804. The molecule has 1 atom stereocenters. The zero-order valence-electron chi connectivity index (χ0n) is 12.6. The number of rotatable bonds is 6. The largest absolute Gasteiger partial charge is 0.431 e. The van der Waals surface area contributed by atoms with Crippen molar-refractivity contribution in [3.8, 4) is 6.07 Å². The molecule has 1 aromatic heterocycles. The standard InChI is InChI=1S/C14H17N3O3S2/c1-4-17(5-2)22(18,19)11-6-7-13-12(8-11)16-14(20-13)21-10(3)9-15/h6-8,10H,4-5H2,1-3H3/t10-/m1/s1. The molecule has 0 bridgehead atoms. The predicted molar refractivity (Wildman–Crippen MR) is 85.0 cm³/mol. The minimum absolute atomic E-state index is 0.196. The zero-order valence-corrected chi connectivity index (χ0v) is 14.2. The van der Waals surface area contributed by atoms with Crippen molar-refractivity contribution in [3.63, 3.8) is 0 Å². The molecule has 0 saturated heterocycles. The average Bonchev–Trinajstić information content (AvgIpc) is 2.89. The number of benzene rings is 1. The Morgan fingerprint density at radius 1 is 1.41 bits per heavy atom. The van der Waals surface area contributed by atoms with Gasteiger partial charge in [-0.2, -0.15) is 9.57 Å². The van der Waals surface area contributed by atoms with Gasteiger partial charge >= 0.3 is 0 Å². The van der Waals surface area contributed by atoms with Crippen LogP contribution in [0.25, 0.3) is 11.1 Å². The van der Waals surface area contributed by atoms with Gasteiger partial charge in [0.05, 0.1) is 16.2 Å². The fraction of sp³-hybridized carbons (Fsp3) is 0.429. The van der Waals surface area contributed by atoms with Gasteiger partial charge in [0.15, 0.2) is 5.58 Å². The molecular formula is C14H17N3O3S2. The Balaban J connectivity index is 2.41. The molecule has 0 aliphatic heterocycles. The molecule has 0 spiro atoms. The summed E-state index contributed by atoms with van der Waals surface area (Å²) in [5, 5.41) is 8.89. The van der Waals surface area contributed by atoms with Crippen LogP contribution in [0.2, 0.25) is 0 Å². The van der Waals surface area contributed by atoms with Crippen LogP contribution in [-0.2, 0) is 10.0 Å². The van der Waals surface area contributed by atoms with E-state index in [1.165, 1.54) is 28.2 Å². The number of oxazole rings is 1. The highest BCUT2D eigenvalue weighted by atomic mass is 32.2. The fourth-order valence-corrected chi connectivity index (χ4v) is 4.11. The zero-order chi connectivity index (χ0) is 16.3. The quantitative estimate of drug-likeness (QED) is 0.752. The Kier molecular flexibility index (Phi) is 5.11. The first-order valence-electron chi connectivity index (χ1n) is 6.89. The van der Waals surface area contributed by atoms with Gasteiger partial charge in [0.2, 0.25) is 10.0 Å². The van der Waals surface area contributed by atoms with Crippen molar-refractivity contribution in [2.24, 2.45) is 0 Å². The molecule has 22 heavy (non-hydrogen) atoms. The van der Waals surface area contributed by atoms with Crippen LogP contribution in [0.5, 0.6) is 0 Å². The third-order valence-corrected chi connectivity index (χ3v) is 6.02. The molecule has 0 saturated carbocycles. The second kappa shape index (κ2) is 6.69. The van der Waals surface area contributed by atoms with Crippen LogP contribution < -0.4 is 0 Å².